The van der Waals surface area contributed by atoms with Crippen molar-refractivity contribution in [3.63, 3.8) is 0 Å². The van der Waals surface area contributed by atoms with E-state index in [1.54, 1.807) is 11.1 Å². The lowest BCUT2D eigenvalue weighted by atomic mass is 9.43. The van der Waals surface area contributed by atoms with E-state index in [4.69, 9.17) is 0 Å². The van der Waals surface area contributed by atoms with Gasteiger partial charge in [0.2, 0.25) is 0 Å². The van der Waals surface area contributed by atoms with E-state index in [0.717, 1.165) is 11.8 Å². The summed E-state index contributed by atoms with van der Waals surface area (Å²) in [6.07, 6.45) is 6.98. The van der Waals surface area contributed by atoms with Crippen molar-refractivity contribution in [3.8, 4) is 27.9 Å². The first-order valence-corrected chi connectivity index (χ1v) is 21.4. The van der Waals surface area contributed by atoms with Gasteiger partial charge < -0.3 is 9.47 Å². The standard InChI is InChI=1S/C56H44N2/c1-2-14-42(15-3-1)58-52-22-9-7-17-47(52)48-29-28-44(35-54(48)58)57(43-26-24-39(25-27-43)46-19-10-13-38-12-4-5-16-45(38)46)53-23-11-21-51-55(53)49-18-6-8-20-50(49)56(51)40-31-36-30-37(33-40)34-41(56)32-36/h1-29,35-37,40-41H,30-34H2. The lowest BCUT2D eigenvalue weighted by Crippen LogP contribution is -2.55. The van der Waals surface area contributed by atoms with Crippen molar-refractivity contribution in [2.75, 3.05) is 4.90 Å². The van der Waals surface area contributed by atoms with Gasteiger partial charge in [0.05, 0.1) is 16.7 Å². The zero-order valence-corrected chi connectivity index (χ0v) is 32.6. The fourth-order valence-electron chi connectivity index (χ4n) is 13.0. The molecule has 0 saturated heterocycles. The van der Waals surface area contributed by atoms with Crippen LogP contribution in [-0.2, 0) is 5.41 Å². The van der Waals surface area contributed by atoms with Gasteiger partial charge in [0.1, 0.15) is 0 Å². The van der Waals surface area contributed by atoms with E-state index in [2.05, 4.69) is 191 Å². The monoisotopic (exact) mass is 744 g/mol. The van der Waals surface area contributed by atoms with Crippen LogP contribution in [-0.4, -0.2) is 4.57 Å². The molecule has 5 aliphatic carbocycles. The minimum atomic E-state index is 0.100. The topological polar surface area (TPSA) is 8.17 Å². The molecule has 0 unspecified atom stereocenters. The average Bonchev–Trinajstić information content (AvgIpc) is 3.77. The number of rotatable bonds is 5. The van der Waals surface area contributed by atoms with E-state index in [-0.39, 0.29) is 5.41 Å². The van der Waals surface area contributed by atoms with E-state index >= 15 is 0 Å². The van der Waals surface area contributed by atoms with Gasteiger partial charge in [-0.25, -0.2) is 0 Å². The fraction of sp³-hybridized carbons (Fsp3) is 0.179. The third-order valence-electron chi connectivity index (χ3n) is 15.0. The lowest BCUT2D eigenvalue weighted by molar-refractivity contribution is -0.0399. The van der Waals surface area contributed by atoms with Crippen LogP contribution in [0.5, 0.6) is 0 Å². The molecule has 5 aliphatic rings. The number of hydrogen-bond donors (Lipinski definition) is 0. The smallest absolute Gasteiger partial charge is 0.0561 e. The third kappa shape index (κ3) is 4.49. The zero-order chi connectivity index (χ0) is 38.0. The average molecular weight is 745 g/mol. The number of benzene rings is 8. The molecule has 8 aromatic carbocycles. The molecule has 0 radical (unpaired) electrons. The van der Waals surface area contributed by atoms with Gasteiger partial charge in [-0.05, 0) is 143 Å². The van der Waals surface area contributed by atoms with Crippen molar-refractivity contribution in [3.05, 3.63) is 193 Å². The van der Waals surface area contributed by atoms with E-state index < -0.39 is 0 Å². The van der Waals surface area contributed by atoms with Crippen LogP contribution in [0.25, 0.3) is 60.5 Å². The number of aromatic nitrogens is 1. The van der Waals surface area contributed by atoms with Crippen LogP contribution in [0.3, 0.4) is 0 Å². The predicted octanol–water partition coefficient (Wildman–Crippen LogP) is 14.8. The molecule has 58 heavy (non-hydrogen) atoms. The summed E-state index contributed by atoms with van der Waals surface area (Å²) in [7, 11) is 0. The highest BCUT2D eigenvalue weighted by molar-refractivity contribution is 6.11. The summed E-state index contributed by atoms with van der Waals surface area (Å²) in [5.74, 6) is 3.25. The molecule has 0 aliphatic heterocycles. The van der Waals surface area contributed by atoms with Crippen LogP contribution >= 0.6 is 0 Å². The maximum absolute atomic E-state index is 2.57. The summed E-state index contributed by atoms with van der Waals surface area (Å²) in [6.45, 7) is 0. The Labute approximate surface area is 340 Å². The Balaban J connectivity index is 1.06. The van der Waals surface area contributed by atoms with Gasteiger partial charge in [0.25, 0.3) is 0 Å². The molecule has 2 nitrogen and oxygen atoms in total. The normalized spacial score (nSPS) is 22.6. The summed E-state index contributed by atoms with van der Waals surface area (Å²) in [5, 5.41) is 5.10. The molecule has 1 spiro atoms. The molecule has 14 rings (SSSR count). The summed E-state index contributed by atoms with van der Waals surface area (Å²) < 4.78 is 2.45. The van der Waals surface area contributed by atoms with Gasteiger partial charge in [-0.3, -0.25) is 0 Å². The number of fused-ring (bicyclic) bond motifs is 7. The molecule has 278 valence electrons. The Morgan fingerprint density at radius 2 is 1.07 bits per heavy atom. The Kier molecular flexibility index (Phi) is 6.94. The second-order valence-corrected chi connectivity index (χ2v) is 17.7. The van der Waals surface area contributed by atoms with Gasteiger partial charge in [0, 0.05) is 38.8 Å². The van der Waals surface area contributed by atoms with Crippen LogP contribution in [0.4, 0.5) is 17.1 Å². The molecule has 0 N–H and O–H groups in total. The molecule has 0 amide bonds. The van der Waals surface area contributed by atoms with Crippen LogP contribution in [0, 0.1) is 23.7 Å². The largest absolute Gasteiger partial charge is 0.310 e. The first kappa shape index (κ1) is 32.7. The molecule has 4 saturated carbocycles. The van der Waals surface area contributed by atoms with Gasteiger partial charge in [-0.15, -0.1) is 0 Å². The van der Waals surface area contributed by atoms with Crippen LogP contribution in [0.15, 0.2) is 182 Å². The fourth-order valence-corrected chi connectivity index (χ4v) is 13.0. The summed E-state index contributed by atoms with van der Waals surface area (Å²) in [5.41, 5.74) is 15.9. The number of nitrogens with zero attached hydrogens (tertiary/aromatic N) is 2. The second-order valence-electron chi connectivity index (χ2n) is 17.7. The second kappa shape index (κ2) is 12.3. The number of para-hydroxylation sites is 2. The molecule has 2 heteroatoms. The third-order valence-corrected chi connectivity index (χ3v) is 15.0. The van der Waals surface area contributed by atoms with Crippen molar-refractivity contribution in [1.82, 2.24) is 4.57 Å². The van der Waals surface area contributed by atoms with E-state index in [0.29, 0.717) is 11.8 Å². The molecule has 1 aromatic heterocycles. The number of hydrogen-bond acceptors (Lipinski definition) is 1. The van der Waals surface area contributed by atoms with Crippen molar-refractivity contribution >= 4 is 49.6 Å². The highest BCUT2D eigenvalue weighted by Gasteiger charge is 2.61. The maximum Gasteiger partial charge on any atom is 0.0561 e. The highest BCUT2D eigenvalue weighted by Crippen LogP contribution is 2.70. The Morgan fingerprint density at radius 1 is 0.448 bits per heavy atom. The van der Waals surface area contributed by atoms with Gasteiger partial charge in [-0.2, -0.15) is 0 Å². The molecule has 9 aromatic rings. The lowest BCUT2D eigenvalue weighted by Gasteiger charge is -2.61. The molecular weight excluding hydrogens is 701 g/mol. The minimum absolute atomic E-state index is 0.100. The SMILES string of the molecule is c1ccc(-n2c3ccccc3c3ccc(N(c4ccc(-c5cccc6ccccc56)cc4)c4cccc5c4-c4ccccc4C54C5CC6CC(C5)CC4C6)cc32)cc1. The molecule has 4 fully saturated rings. The quantitative estimate of drug-likeness (QED) is 0.170. The maximum atomic E-state index is 2.57. The van der Waals surface area contributed by atoms with Crippen LogP contribution in [0.2, 0.25) is 0 Å². The molecule has 1 heterocycles. The van der Waals surface area contributed by atoms with Crippen molar-refractivity contribution < 1.29 is 0 Å². The van der Waals surface area contributed by atoms with Gasteiger partial charge in [-0.1, -0.05) is 133 Å². The number of anilines is 3. The van der Waals surface area contributed by atoms with Crippen molar-refractivity contribution in [2.24, 2.45) is 23.7 Å². The molecule has 4 bridgehead atoms. The van der Waals surface area contributed by atoms with Crippen LogP contribution in [0.1, 0.15) is 43.2 Å². The first-order chi connectivity index (χ1) is 28.7. The van der Waals surface area contributed by atoms with Gasteiger partial charge >= 0.3 is 0 Å². The van der Waals surface area contributed by atoms with E-state index in [9.17, 15) is 0 Å². The van der Waals surface area contributed by atoms with E-state index in [1.165, 1.54) is 110 Å². The molecule has 0 atom stereocenters. The summed E-state index contributed by atoms with van der Waals surface area (Å²) >= 11 is 0. The first-order valence-electron chi connectivity index (χ1n) is 21.4. The van der Waals surface area contributed by atoms with Crippen molar-refractivity contribution in [2.45, 2.75) is 37.5 Å². The summed E-state index contributed by atoms with van der Waals surface area (Å²) in [6, 6.07) is 68.5. The zero-order valence-electron chi connectivity index (χ0n) is 32.6. The van der Waals surface area contributed by atoms with Crippen molar-refractivity contribution in [1.29, 1.82) is 0 Å². The Bertz CT molecular complexity index is 3040. The molecular formula is C56H44N2. The summed E-state index contributed by atoms with van der Waals surface area (Å²) in [4.78, 5) is 2.57. The van der Waals surface area contributed by atoms with Crippen LogP contribution < -0.4 is 4.90 Å². The minimum Gasteiger partial charge on any atom is -0.310 e. The predicted molar refractivity (Wildman–Crippen MR) is 242 cm³/mol. The van der Waals surface area contributed by atoms with E-state index in [1.807, 2.05) is 0 Å². The highest BCUT2D eigenvalue weighted by atomic mass is 15.1. The van der Waals surface area contributed by atoms with Gasteiger partial charge in [0.15, 0.2) is 0 Å². The Morgan fingerprint density at radius 3 is 1.90 bits per heavy atom. The Hall–Kier alpha value is -6.38.